The van der Waals surface area contributed by atoms with Gasteiger partial charge in [0.25, 0.3) is 0 Å². The fraction of sp³-hybridized carbons (Fsp3) is 0.727. The molecular weight excluding hydrogens is 164 g/mol. The molecule has 0 aromatic heterocycles. The van der Waals surface area contributed by atoms with E-state index in [1.165, 1.54) is 0 Å². The largest absolute Gasteiger partial charge is 0.396 e. The van der Waals surface area contributed by atoms with Crippen LogP contribution in [-0.4, -0.2) is 17.5 Å². The molecule has 70 valence electrons. The minimum absolute atomic E-state index is 0.0349. The number of carbonyl (C=O) groups is 1. The molecular formula is C11H14O2. The standard InChI is InChI=1S/C11H14O2/c1-6(13)11-4-7(5-12)10(11)8-2-3-9(8)11/h2-3,7-10,12H,4-5H2,1H3/t7-,8-,9+,10+,11+/m1/s1. The van der Waals surface area contributed by atoms with Crippen LogP contribution in [0.1, 0.15) is 13.3 Å². The van der Waals surface area contributed by atoms with E-state index in [9.17, 15) is 4.79 Å². The highest BCUT2D eigenvalue weighted by Gasteiger charge is 2.73. The van der Waals surface area contributed by atoms with Gasteiger partial charge in [0, 0.05) is 12.0 Å². The molecule has 2 fully saturated rings. The number of rotatable bonds is 2. The number of carbonyl (C=O) groups excluding carboxylic acids is 1. The van der Waals surface area contributed by atoms with Crippen LogP contribution in [0.15, 0.2) is 12.2 Å². The number of allylic oxidation sites excluding steroid dienone is 2. The Morgan fingerprint density at radius 2 is 2.38 bits per heavy atom. The van der Waals surface area contributed by atoms with Crippen LogP contribution in [0.5, 0.6) is 0 Å². The Hall–Kier alpha value is -0.630. The highest BCUT2D eigenvalue weighted by atomic mass is 16.3. The zero-order chi connectivity index (χ0) is 9.22. The van der Waals surface area contributed by atoms with E-state index in [0.29, 0.717) is 29.5 Å². The van der Waals surface area contributed by atoms with Crippen LogP contribution >= 0.6 is 0 Å². The third-order valence-corrected chi connectivity index (χ3v) is 4.56. The molecule has 0 unspecified atom stereocenters. The topological polar surface area (TPSA) is 37.3 Å². The maximum atomic E-state index is 11.5. The number of hydrogen-bond acceptors (Lipinski definition) is 2. The molecule has 2 saturated carbocycles. The zero-order valence-electron chi connectivity index (χ0n) is 7.73. The normalized spacial score (nSPS) is 55.2. The van der Waals surface area contributed by atoms with Crippen molar-refractivity contribution < 1.29 is 9.90 Å². The first kappa shape index (κ1) is 7.74. The van der Waals surface area contributed by atoms with Gasteiger partial charge >= 0.3 is 0 Å². The Morgan fingerprint density at radius 3 is 2.85 bits per heavy atom. The molecule has 2 nitrogen and oxygen atoms in total. The Bertz CT molecular complexity index is 307. The van der Waals surface area contributed by atoms with E-state index >= 15 is 0 Å². The van der Waals surface area contributed by atoms with Crippen molar-refractivity contribution in [2.75, 3.05) is 6.61 Å². The zero-order valence-corrected chi connectivity index (χ0v) is 7.73. The van der Waals surface area contributed by atoms with Gasteiger partial charge in [-0.2, -0.15) is 0 Å². The second-order valence-electron chi connectivity index (χ2n) is 4.76. The fourth-order valence-corrected chi connectivity index (χ4v) is 3.85. The Kier molecular flexibility index (Phi) is 1.23. The van der Waals surface area contributed by atoms with Crippen molar-refractivity contribution in [3.05, 3.63) is 12.2 Å². The van der Waals surface area contributed by atoms with E-state index in [4.69, 9.17) is 5.11 Å². The maximum absolute atomic E-state index is 11.5. The van der Waals surface area contributed by atoms with Gasteiger partial charge in [0.2, 0.25) is 0 Å². The molecule has 1 N–H and O–H groups in total. The highest BCUT2D eigenvalue weighted by Crippen LogP contribution is 2.74. The van der Waals surface area contributed by atoms with Gasteiger partial charge in [-0.25, -0.2) is 0 Å². The third-order valence-electron chi connectivity index (χ3n) is 4.56. The number of aliphatic hydroxyl groups excluding tert-OH is 1. The summed E-state index contributed by atoms with van der Waals surface area (Å²) < 4.78 is 0. The predicted octanol–water partition coefficient (Wildman–Crippen LogP) is 1.01. The molecule has 0 heterocycles. The fourth-order valence-electron chi connectivity index (χ4n) is 3.85. The van der Waals surface area contributed by atoms with E-state index in [1.54, 1.807) is 6.92 Å². The lowest BCUT2D eigenvalue weighted by Gasteiger charge is -2.72. The summed E-state index contributed by atoms with van der Waals surface area (Å²) in [5.74, 6) is 2.36. The highest BCUT2D eigenvalue weighted by molar-refractivity contribution is 5.87. The summed E-state index contributed by atoms with van der Waals surface area (Å²) >= 11 is 0. The Morgan fingerprint density at radius 1 is 1.62 bits per heavy atom. The number of fused-ring (bicyclic) bond motifs is 4. The van der Waals surface area contributed by atoms with Crippen LogP contribution in [0.2, 0.25) is 0 Å². The van der Waals surface area contributed by atoms with Gasteiger partial charge in [-0.15, -0.1) is 0 Å². The Balaban J connectivity index is 1.91. The molecule has 3 rings (SSSR count). The molecule has 5 atom stereocenters. The lowest BCUT2D eigenvalue weighted by atomic mass is 9.30. The third kappa shape index (κ3) is 0.583. The van der Waals surface area contributed by atoms with Gasteiger partial charge in [-0.05, 0) is 37.0 Å². The van der Waals surface area contributed by atoms with E-state index in [-0.39, 0.29) is 12.0 Å². The van der Waals surface area contributed by atoms with Crippen molar-refractivity contribution in [2.24, 2.45) is 29.1 Å². The smallest absolute Gasteiger partial charge is 0.136 e. The number of hydrogen-bond donors (Lipinski definition) is 1. The van der Waals surface area contributed by atoms with Crippen molar-refractivity contribution in [3.8, 4) is 0 Å². The quantitative estimate of drug-likeness (QED) is 0.641. The average Bonchev–Trinajstić information content (AvgIpc) is 2.04. The first-order valence-corrected chi connectivity index (χ1v) is 5.02. The summed E-state index contributed by atoms with van der Waals surface area (Å²) in [5, 5.41) is 9.10. The molecule has 2 heteroatoms. The molecule has 0 radical (unpaired) electrons. The van der Waals surface area contributed by atoms with Crippen molar-refractivity contribution in [2.45, 2.75) is 13.3 Å². The molecule has 0 spiro atoms. The molecule has 13 heavy (non-hydrogen) atoms. The lowest BCUT2D eigenvalue weighted by molar-refractivity contribution is -0.221. The second kappa shape index (κ2) is 2.06. The van der Waals surface area contributed by atoms with Crippen molar-refractivity contribution in [1.82, 2.24) is 0 Å². The molecule has 0 aliphatic heterocycles. The summed E-state index contributed by atoms with van der Waals surface area (Å²) in [4.78, 5) is 11.5. The molecule has 0 aromatic carbocycles. The summed E-state index contributed by atoms with van der Waals surface area (Å²) in [6, 6.07) is 0. The molecule has 3 aliphatic carbocycles. The summed E-state index contributed by atoms with van der Waals surface area (Å²) in [6.45, 7) is 1.97. The second-order valence-corrected chi connectivity index (χ2v) is 4.76. The minimum atomic E-state index is -0.0349. The van der Waals surface area contributed by atoms with Crippen LogP contribution in [0.4, 0.5) is 0 Å². The summed E-state index contributed by atoms with van der Waals surface area (Å²) in [5.41, 5.74) is -0.0349. The van der Waals surface area contributed by atoms with Gasteiger partial charge in [-0.1, -0.05) is 12.2 Å². The van der Waals surface area contributed by atoms with Crippen molar-refractivity contribution in [1.29, 1.82) is 0 Å². The minimum Gasteiger partial charge on any atom is -0.396 e. The number of ketones is 1. The molecule has 0 saturated heterocycles. The lowest BCUT2D eigenvalue weighted by Crippen LogP contribution is -2.72. The van der Waals surface area contributed by atoms with Crippen molar-refractivity contribution in [3.63, 3.8) is 0 Å². The van der Waals surface area contributed by atoms with Gasteiger partial charge < -0.3 is 5.11 Å². The first-order chi connectivity index (χ1) is 6.21. The SMILES string of the molecule is CC(=O)[C@]12C[C@H](CO)[C@H]1[C@@H]1C=C[C@@H]12. The molecule has 0 amide bonds. The van der Waals surface area contributed by atoms with Gasteiger partial charge in [-0.3, -0.25) is 4.79 Å². The first-order valence-electron chi connectivity index (χ1n) is 5.02. The van der Waals surface area contributed by atoms with Crippen molar-refractivity contribution >= 4 is 5.78 Å². The number of Topliss-reactive ketones (excluding diaryl/α,β-unsaturated/α-hetero) is 1. The van der Waals surface area contributed by atoms with Crippen LogP contribution in [0.25, 0.3) is 0 Å². The molecule has 0 aromatic rings. The van der Waals surface area contributed by atoms with Crippen LogP contribution in [0, 0.1) is 29.1 Å². The van der Waals surface area contributed by atoms with Crippen LogP contribution < -0.4 is 0 Å². The van der Waals surface area contributed by atoms with E-state index < -0.39 is 0 Å². The summed E-state index contributed by atoms with van der Waals surface area (Å²) in [6.07, 6.45) is 5.31. The average molecular weight is 178 g/mol. The van der Waals surface area contributed by atoms with Gasteiger partial charge in [0.1, 0.15) is 5.78 Å². The van der Waals surface area contributed by atoms with Gasteiger partial charge in [0.05, 0.1) is 0 Å². The van der Waals surface area contributed by atoms with E-state index in [0.717, 1.165) is 6.42 Å². The maximum Gasteiger partial charge on any atom is 0.136 e. The van der Waals surface area contributed by atoms with Gasteiger partial charge in [0.15, 0.2) is 0 Å². The van der Waals surface area contributed by atoms with E-state index in [1.807, 2.05) is 0 Å². The molecule has 3 aliphatic rings. The number of aliphatic hydroxyl groups is 1. The predicted molar refractivity (Wildman–Crippen MR) is 47.9 cm³/mol. The molecule has 0 bridgehead atoms. The monoisotopic (exact) mass is 178 g/mol. The van der Waals surface area contributed by atoms with E-state index in [2.05, 4.69) is 12.2 Å². The summed E-state index contributed by atoms with van der Waals surface area (Å²) in [7, 11) is 0. The van der Waals surface area contributed by atoms with Crippen LogP contribution in [-0.2, 0) is 4.79 Å². The van der Waals surface area contributed by atoms with Crippen LogP contribution in [0.3, 0.4) is 0 Å². The Labute approximate surface area is 77.6 Å².